The van der Waals surface area contributed by atoms with Crippen molar-refractivity contribution in [2.75, 3.05) is 6.54 Å². The maximum Gasteiger partial charge on any atom is 0.0675 e. The molecule has 2 N–H and O–H groups in total. The van der Waals surface area contributed by atoms with Crippen molar-refractivity contribution in [3.05, 3.63) is 45.7 Å². The van der Waals surface area contributed by atoms with E-state index in [-0.39, 0.29) is 0 Å². The molecule has 3 nitrogen and oxygen atoms in total. The Morgan fingerprint density at radius 3 is 2.76 bits per heavy atom. The van der Waals surface area contributed by atoms with Crippen molar-refractivity contribution in [2.24, 2.45) is 5.73 Å². The van der Waals surface area contributed by atoms with E-state index in [9.17, 15) is 0 Å². The van der Waals surface area contributed by atoms with Gasteiger partial charge in [-0.25, -0.2) is 4.68 Å². The van der Waals surface area contributed by atoms with Crippen molar-refractivity contribution in [1.82, 2.24) is 9.78 Å². The van der Waals surface area contributed by atoms with Crippen LogP contribution in [0.2, 0.25) is 0 Å². The molecular weight excluding hydrogens is 278 g/mol. The van der Waals surface area contributed by atoms with Crippen LogP contribution < -0.4 is 5.73 Å². The van der Waals surface area contributed by atoms with Gasteiger partial charge < -0.3 is 5.73 Å². The molecule has 90 valence electrons. The van der Waals surface area contributed by atoms with E-state index in [4.69, 9.17) is 5.73 Å². The van der Waals surface area contributed by atoms with Crippen LogP contribution in [0, 0.1) is 13.8 Å². The van der Waals surface area contributed by atoms with Crippen molar-refractivity contribution in [2.45, 2.75) is 20.3 Å². The zero-order valence-electron chi connectivity index (χ0n) is 10.1. The minimum absolute atomic E-state index is 0.659. The van der Waals surface area contributed by atoms with Crippen LogP contribution in [0.5, 0.6) is 0 Å². The number of nitrogens with two attached hydrogens (primary N) is 1. The number of hydrogen-bond acceptors (Lipinski definition) is 2. The first-order chi connectivity index (χ1) is 8.11. The van der Waals surface area contributed by atoms with Gasteiger partial charge in [0, 0.05) is 10.7 Å². The fraction of sp³-hybridized carbons (Fsp3) is 0.308. The number of benzene rings is 1. The SMILES string of the molecule is Cc1cc(Br)ccc1-n1cc(CCN)c(C)n1. The zero-order valence-corrected chi connectivity index (χ0v) is 11.7. The quantitative estimate of drug-likeness (QED) is 0.946. The van der Waals surface area contributed by atoms with E-state index in [0.29, 0.717) is 6.54 Å². The van der Waals surface area contributed by atoms with Crippen LogP contribution in [0.1, 0.15) is 16.8 Å². The average Bonchev–Trinajstić information content (AvgIpc) is 2.60. The molecule has 2 aromatic rings. The monoisotopic (exact) mass is 293 g/mol. The fourth-order valence-electron chi connectivity index (χ4n) is 1.90. The van der Waals surface area contributed by atoms with Gasteiger partial charge in [-0.05, 0) is 56.1 Å². The van der Waals surface area contributed by atoms with Crippen LogP contribution in [0.25, 0.3) is 5.69 Å². The van der Waals surface area contributed by atoms with Gasteiger partial charge in [0.25, 0.3) is 0 Å². The second kappa shape index (κ2) is 5.02. The molecule has 0 spiro atoms. The smallest absolute Gasteiger partial charge is 0.0675 e. The van der Waals surface area contributed by atoms with Crippen LogP contribution >= 0.6 is 15.9 Å². The van der Waals surface area contributed by atoms with Crippen molar-refractivity contribution in [3.8, 4) is 5.69 Å². The van der Waals surface area contributed by atoms with Crippen molar-refractivity contribution in [3.63, 3.8) is 0 Å². The molecule has 0 aliphatic heterocycles. The van der Waals surface area contributed by atoms with Crippen LogP contribution in [-0.4, -0.2) is 16.3 Å². The highest BCUT2D eigenvalue weighted by Gasteiger charge is 2.07. The molecule has 1 aromatic heterocycles. The van der Waals surface area contributed by atoms with E-state index < -0.39 is 0 Å². The molecule has 0 saturated carbocycles. The summed E-state index contributed by atoms with van der Waals surface area (Å²) in [5.41, 5.74) is 10.2. The number of aromatic nitrogens is 2. The standard InChI is InChI=1S/C13H16BrN3/c1-9-7-12(14)3-4-13(9)17-8-11(5-6-15)10(2)16-17/h3-4,7-8H,5-6,15H2,1-2H3. The summed E-state index contributed by atoms with van der Waals surface area (Å²) in [5.74, 6) is 0. The van der Waals surface area contributed by atoms with Gasteiger partial charge in [-0.2, -0.15) is 5.10 Å². The highest BCUT2D eigenvalue weighted by Crippen LogP contribution is 2.20. The Kier molecular flexibility index (Phi) is 3.64. The Balaban J connectivity index is 2.42. The molecule has 0 unspecified atom stereocenters. The van der Waals surface area contributed by atoms with Crippen molar-refractivity contribution < 1.29 is 0 Å². The second-order valence-corrected chi connectivity index (χ2v) is 5.07. The minimum Gasteiger partial charge on any atom is -0.330 e. The van der Waals surface area contributed by atoms with Crippen molar-refractivity contribution in [1.29, 1.82) is 0 Å². The first kappa shape index (κ1) is 12.3. The highest BCUT2D eigenvalue weighted by molar-refractivity contribution is 9.10. The van der Waals surface area contributed by atoms with Crippen molar-refractivity contribution >= 4 is 15.9 Å². The summed E-state index contributed by atoms with van der Waals surface area (Å²) < 4.78 is 3.02. The molecule has 0 amide bonds. The van der Waals surface area contributed by atoms with E-state index in [2.05, 4.69) is 46.3 Å². The number of halogens is 1. The van der Waals surface area contributed by atoms with Gasteiger partial charge in [-0.3, -0.25) is 0 Å². The topological polar surface area (TPSA) is 43.8 Å². The molecule has 0 aliphatic carbocycles. The van der Waals surface area contributed by atoms with Gasteiger partial charge in [0.05, 0.1) is 11.4 Å². The third kappa shape index (κ3) is 2.58. The third-order valence-corrected chi connectivity index (χ3v) is 3.31. The maximum absolute atomic E-state index is 5.58. The van der Waals surface area contributed by atoms with E-state index in [1.54, 1.807) is 0 Å². The van der Waals surface area contributed by atoms with E-state index in [1.165, 1.54) is 11.1 Å². The normalized spacial score (nSPS) is 10.8. The summed E-state index contributed by atoms with van der Waals surface area (Å²) >= 11 is 3.47. The zero-order chi connectivity index (χ0) is 12.4. The van der Waals surface area contributed by atoms with Gasteiger partial charge in [0.1, 0.15) is 0 Å². The first-order valence-electron chi connectivity index (χ1n) is 5.63. The summed E-state index contributed by atoms with van der Waals surface area (Å²) in [4.78, 5) is 0. The van der Waals surface area contributed by atoms with Gasteiger partial charge in [-0.1, -0.05) is 15.9 Å². The minimum atomic E-state index is 0.659. The summed E-state index contributed by atoms with van der Waals surface area (Å²) in [7, 11) is 0. The van der Waals surface area contributed by atoms with Gasteiger partial charge >= 0.3 is 0 Å². The molecule has 17 heavy (non-hydrogen) atoms. The summed E-state index contributed by atoms with van der Waals surface area (Å²) in [6, 6.07) is 6.19. The second-order valence-electron chi connectivity index (χ2n) is 4.15. The lowest BCUT2D eigenvalue weighted by atomic mass is 10.2. The summed E-state index contributed by atoms with van der Waals surface area (Å²) in [6.07, 6.45) is 2.94. The third-order valence-electron chi connectivity index (χ3n) is 2.82. The Morgan fingerprint density at radius 2 is 2.12 bits per heavy atom. The van der Waals surface area contributed by atoms with Gasteiger partial charge in [0.2, 0.25) is 0 Å². The summed E-state index contributed by atoms with van der Waals surface area (Å²) in [6.45, 7) is 4.77. The van der Waals surface area contributed by atoms with E-state index in [1.807, 2.05) is 17.7 Å². The summed E-state index contributed by atoms with van der Waals surface area (Å²) in [5, 5.41) is 4.54. The molecule has 0 aliphatic rings. The average molecular weight is 294 g/mol. The Labute approximate surface area is 110 Å². The molecule has 0 fully saturated rings. The molecule has 0 saturated heterocycles. The number of nitrogens with zero attached hydrogens (tertiary/aromatic N) is 2. The lowest BCUT2D eigenvalue weighted by molar-refractivity contribution is 0.855. The van der Waals surface area contributed by atoms with Gasteiger partial charge in [-0.15, -0.1) is 0 Å². The molecule has 0 atom stereocenters. The number of aryl methyl sites for hydroxylation is 2. The Hall–Kier alpha value is -1.13. The van der Waals surface area contributed by atoms with Gasteiger partial charge in [0.15, 0.2) is 0 Å². The predicted octanol–water partition coefficient (Wildman–Crippen LogP) is 2.75. The fourth-order valence-corrected chi connectivity index (χ4v) is 2.37. The largest absolute Gasteiger partial charge is 0.330 e. The Morgan fingerprint density at radius 1 is 1.35 bits per heavy atom. The van der Waals surface area contributed by atoms with E-state index in [0.717, 1.165) is 22.3 Å². The molecule has 0 bridgehead atoms. The first-order valence-corrected chi connectivity index (χ1v) is 6.43. The molecule has 1 aromatic carbocycles. The van der Waals surface area contributed by atoms with Crippen LogP contribution in [0.4, 0.5) is 0 Å². The number of rotatable bonds is 3. The van der Waals surface area contributed by atoms with Crippen LogP contribution in [-0.2, 0) is 6.42 Å². The van der Waals surface area contributed by atoms with Crippen LogP contribution in [0.15, 0.2) is 28.9 Å². The molecular formula is C13H16BrN3. The van der Waals surface area contributed by atoms with E-state index >= 15 is 0 Å². The van der Waals surface area contributed by atoms with Crippen LogP contribution in [0.3, 0.4) is 0 Å². The maximum atomic E-state index is 5.58. The lowest BCUT2D eigenvalue weighted by Crippen LogP contribution is -2.02. The molecule has 4 heteroatoms. The predicted molar refractivity (Wildman–Crippen MR) is 73.5 cm³/mol. The Bertz CT molecular complexity index is 531. The molecule has 2 rings (SSSR count). The highest BCUT2D eigenvalue weighted by atomic mass is 79.9. The molecule has 1 heterocycles. The molecule has 0 radical (unpaired) electrons. The number of hydrogen-bond donors (Lipinski definition) is 1. The lowest BCUT2D eigenvalue weighted by Gasteiger charge is -2.05.